The quantitative estimate of drug-likeness (QED) is 0.663. The number of amides is 2. The van der Waals surface area contributed by atoms with Crippen LogP contribution in [0.1, 0.15) is 25.7 Å². The molecule has 2 aromatic carbocycles. The van der Waals surface area contributed by atoms with Gasteiger partial charge in [-0.05, 0) is 24.3 Å². The first kappa shape index (κ1) is 19.2. The van der Waals surface area contributed by atoms with Gasteiger partial charge in [0.05, 0.1) is 6.54 Å². The third-order valence-electron chi connectivity index (χ3n) is 4.86. The van der Waals surface area contributed by atoms with Gasteiger partial charge in [0.25, 0.3) is 0 Å². The van der Waals surface area contributed by atoms with Crippen molar-refractivity contribution in [3.63, 3.8) is 0 Å². The summed E-state index contributed by atoms with van der Waals surface area (Å²) in [4.78, 5) is 23.7. The van der Waals surface area contributed by atoms with E-state index in [2.05, 4.69) is 10.6 Å². The second kappa shape index (κ2) is 9.37. The minimum atomic E-state index is -0.835. The number of aliphatic hydroxyl groups is 1. The van der Waals surface area contributed by atoms with Gasteiger partial charge in [-0.3, -0.25) is 9.59 Å². The molecule has 0 aromatic heterocycles. The standard InChI is InChI=1S/C21H26N2O4/c24-17(12-22-20(25)13-23-21(26)16-7-1-2-8-16)14-27-19-11-5-9-15-6-3-4-10-18(15)19/h3-6,9-11,16-17,24H,1-2,7-8,12-14H2,(H,22,25)(H,23,26). The molecule has 0 heterocycles. The molecule has 0 aliphatic heterocycles. The largest absolute Gasteiger partial charge is 0.490 e. The second-order valence-electron chi connectivity index (χ2n) is 6.95. The summed E-state index contributed by atoms with van der Waals surface area (Å²) >= 11 is 0. The Bertz CT molecular complexity index is 781. The summed E-state index contributed by atoms with van der Waals surface area (Å²) < 4.78 is 5.71. The van der Waals surface area contributed by atoms with Crippen LogP contribution in [0.5, 0.6) is 5.75 Å². The van der Waals surface area contributed by atoms with E-state index in [4.69, 9.17) is 4.74 Å². The van der Waals surface area contributed by atoms with Crippen molar-refractivity contribution < 1.29 is 19.4 Å². The van der Waals surface area contributed by atoms with Gasteiger partial charge in [-0.25, -0.2) is 0 Å². The van der Waals surface area contributed by atoms with Crippen molar-refractivity contribution in [3.8, 4) is 5.75 Å². The van der Waals surface area contributed by atoms with E-state index in [0.717, 1.165) is 36.5 Å². The van der Waals surface area contributed by atoms with E-state index in [-0.39, 0.29) is 37.4 Å². The van der Waals surface area contributed by atoms with Crippen LogP contribution >= 0.6 is 0 Å². The maximum Gasteiger partial charge on any atom is 0.239 e. The molecule has 144 valence electrons. The van der Waals surface area contributed by atoms with Crippen LogP contribution in [0.3, 0.4) is 0 Å². The number of benzene rings is 2. The molecule has 27 heavy (non-hydrogen) atoms. The molecule has 1 aliphatic carbocycles. The van der Waals surface area contributed by atoms with Crippen molar-refractivity contribution in [1.29, 1.82) is 0 Å². The second-order valence-corrected chi connectivity index (χ2v) is 6.95. The first-order valence-corrected chi connectivity index (χ1v) is 9.46. The summed E-state index contributed by atoms with van der Waals surface area (Å²) in [6.07, 6.45) is 3.12. The van der Waals surface area contributed by atoms with Gasteiger partial charge in [0.1, 0.15) is 18.5 Å². The summed E-state index contributed by atoms with van der Waals surface area (Å²) in [5.74, 6) is 0.368. The minimum absolute atomic E-state index is 0.0393. The number of nitrogens with one attached hydrogen (secondary N) is 2. The fraction of sp³-hybridized carbons (Fsp3) is 0.429. The first-order chi connectivity index (χ1) is 13.1. The Morgan fingerprint density at radius 1 is 1.07 bits per heavy atom. The molecule has 6 nitrogen and oxygen atoms in total. The molecule has 6 heteroatoms. The van der Waals surface area contributed by atoms with Crippen LogP contribution in [0.4, 0.5) is 0 Å². The van der Waals surface area contributed by atoms with E-state index in [9.17, 15) is 14.7 Å². The van der Waals surface area contributed by atoms with Crippen LogP contribution in [0.25, 0.3) is 10.8 Å². The normalized spacial score (nSPS) is 15.4. The number of ether oxygens (including phenoxy) is 1. The molecule has 3 rings (SSSR count). The third-order valence-corrected chi connectivity index (χ3v) is 4.86. The third kappa shape index (κ3) is 5.44. The summed E-state index contributed by atoms with van der Waals surface area (Å²) in [6.45, 7) is 0.0812. The summed E-state index contributed by atoms with van der Waals surface area (Å²) in [7, 11) is 0. The van der Waals surface area contributed by atoms with Gasteiger partial charge in [0, 0.05) is 17.8 Å². The predicted octanol–water partition coefficient (Wildman–Crippen LogP) is 2.00. The van der Waals surface area contributed by atoms with Crippen molar-refractivity contribution >= 4 is 22.6 Å². The van der Waals surface area contributed by atoms with Crippen molar-refractivity contribution in [1.82, 2.24) is 10.6 Å². The highest BCUT2D eigenvalue weighted by Crippen LogP contribution is 2.25. The van der Waals surface area contributed by atoms with Crippen molar-refractivity contribution in [2.75, 3.05) is 19.7 Å². The van der Waals surface area contributed by atoms with Crippen LogP contribution in [0, 0.1) is 5.92 Å². The molecule has 1 saturated carbocycles. The molecule has 1 fully saturated rings. The average Bonchev–Trinajstić information content (AvgIpc) is 3.23. The Labute approximate surface area is 158 Å². The number of aliphatic hydroxyl groups excluding tert-OH is 1. The van der Waals surface area contributed by atoms with Crippen LogP contribution in [0.15, 0.2) is 42.5 Å². The number of carbonyl (C=O) groups excluding carboxylic acids is 2. The summed E-state index contributed by atoms with van der Waals surface area (Å²) in [5.41, 5.74) is 0. The highest BCUT2D eigenvalue weighted by atomic mass is 16.5. The molecule has 0 bridgehead atoms. The molecule has 1 aliphatic rings. The van der Waals surface area contributed by atoms with E-state index >= 15 is 0 Å². The molecule has 2 amide bonds. The zero-order valence-corrected chi connectivity index (χ0v) is 15.3. The van der Waals surface area contributed by atoms with Gasteiger partial charge >= 0.3 is 0 Å². The maximum absolute atomic E-state index is 11.9. The Morgan fingerprint density at radius 3 is 2.63 bits per heavy atom. The van der Waals surface area contributed by atoms with E-state index in [1.54, 1.807) is 0 Å². The van der Waals surface area contributed by atoms with Crippen LogP contribution in [-0.2, 0) is 9.59 Å². The smallest absolute Gasteiger partial charge is 0.239 e. The Morgan fingerprint density at radius 2 is 1.81 bits per heavy atom. The number of fused-ring (bicyclic) bond motifs is 1. The zero-order valence-electron chi connectivity index (χ0n) is 15.3. The Hall–Kier alpha value is -2.60. The van der Waals surface area contributed by atoms with E-state index in [1.807, 2.05) is 42.5 Å². The molecular weight excluding hydrogens is 344 g/mol. The lowest BCUT2D eigenvalue weighted by Gasteiger charge is -2.15. The molecule has 1 atom stereocenters. The summed E-state index contributed by atoms with van der Waals surface area (Å²) in [6, 6.07) is 13.6. The van der Waals surface area contributed by atoms with E-state index < -0.39 is 6.10 Å². The molecule has 0 saturated heterocycles. The SMILES string of the molecule is O=C(CNC(=O)C1CCCC1)NCC(O)COc1cccc2ccccc12. The van der Waals surface area contributed by atoms with Crippen LogP contribution in [0.2, 0.25) is 0 Å². The van der Waals surface area contributed by atoms with Crippen molar-refractivity contribution in [3.05, 3.63) is 42.5 Å². The molecular formula is C21H26N2O4. The van der Waals surface area contributed by atoms with Gasteiger partial charge in [-0.2, -0.15) is 0 Å². The average molecular weight is 370 g/mol. The maximum atomic E-state index is 11.9. The minimum Gasteiger partial charge on any atom is -0.490 e. The highest BCUT2D eigenvalue weighted by molar-refractivity contribution is 5.88. The van der Waals surface area contributed by atoms with Gasteiger partial charge < -0.3 is 20.5 Å². The van der Waals surface area contributed by atoms with Gasteiger partial charge in [-0.15, -0.1) is 0 Å². The summed E-state index contributed by atoms with van der Waals surface area (Å²) in [5, 5.41) is 17.4. The molecule has 2 aromatic rings. The molecule has 0 radical (unpaired) electrons. The number of carbonyl (C=O) groups is 2. The van der Waals surface area contributed by atoms with Gasteiger partial charge in [0.15, 0.2) is 0 Å². The first-order valence-electron chi connectivity index (χ1n) is 9.46. The predicted molar refractivity (Wildman–Crippen MR) is 103 cm³/mol. The lowest BCUT2D eigenvalue weighted by Crippen LogP contribution is -2.42. The monoisotopic (exact) mass is 370 g/mol. The highest BCUT2D eigenvalue weighted by Gasteiger charge is 2.22. The van der Waals surface area contributed by atoms with E-state index in [0.29, 0.717) is 5.75 Å². The Balaban J connectivity index is 1.38. The van der Waals surface area contributed by atoms with Gasteiger partial charge in [0.2, 0.25) is 11.8 Å². The lowest BCUT2D eigenvalue weighted by molar-refractivity contribution is -0.128. The molecule has 0 spiro atoms. The van der Waals surface area contributed by atoms with Crippen LogP contribution < -0.4 is 15.4 Å². The number of hydrogen-bond acceptors (Lipinski definition) is 4. The lowest BCUT2D eigenvalue weighted by atomic mass is 10.1. The van der Waals surface area contributed by atoms with Gasteiger partial charge in [-0.1, -0.05) is 49.2 Å². The fourth-order valence-electron chi connectivity index (χ4n) is 3.36. The Kier molecular flexibility index (Phi) is 6.65. The topological polar surface area (TPSA) is 87.7 Å². The van der Waals surface area contributed by atoms with E-state index in [1.165, 1.54) is 0 Å². The number of hydrogen-bond donors (Lipinski definition) is 3. The molecule has 3 N–H and O–H groups in total. The zero-order chi connectivity index (χ0) is 19.1. The fourth-order valence-corrected chi connectivity index (χ4v) is 3.36. The van der Waals surface area contributed by atoms with Crippen molar-refractivity contribution in [2.45, 2.75) is 31.8 Å². The molecule has 1 unspecified atom stereocenters. The van der Waals surface area contributed by atoms with Crippen molar-refractivity contribution in [2.24, 2.45) is 5.92 Å². The number of rotatable bonds is 8. The van der Waals surface area contributed by atoms with Crippen LogP contribution in [-0.4, -0.2) is 42.7 Å².